The maximum atomic E-state index is 10.1. The Morgan fingerprint density at radius 1 is 1.44 bits per heavy atom. The van der Waals surface area contributed by atoms with Crippen molar-refractivity contribution in [1.29, 1.82) is 0 Å². The topological polar surface area (TPSA) is 58.1 Å². The van der Waals surface area contributed by atoms with Gasteiger partial charge in [0.2, 0.25) is 0 Å². The van der Waals surface area contributed by atoms with Crippen LogP contribution >= 0.6 is 0 Å². The van der Waals surface area contributed by atoms with Gasteiger partial charge in [0.25, 0.3) is 0 Å². The molecule has 0 saturated carbocycles. The van der Waals surface area contributed by atoms with Gasteiger partial charge in [0, 0.05) is 11.8 Å². The van der Waals surface area contributed by atoms with Gasteiger partial charge in [-0.15, -0.1) is 0 Å². The van der Waals surface area contributed by atoms with Gasteiger partial charge in [0.15, 0.2) is 0 Å². The van der Waals surface area contributed by atoms with Gasteiger partial charge >= 0.3 is 0 Å². The third kappa shape index (κ3) is 1.92. The molecular weight excluding hydrogens is 204 g/mol. The molecule has 0 aliphatic carbocycles. The van der Waals surface area contributed by atoms with E-state index in [9.17, 15) is 5.11 Å². The van der Waals surface area contributed by atoms with Crippen molar-refractivity contribution >= 4 is 0 Å². The van der Waals surface area contributed by atoms with E-state index in [1.807, 2.05) is 25.1 Å². The summed E-state index contributed by atoms with van der Waals surface area (Å²) in [5, 5.41) is 16.6. The van der Waals surface area contributed by atoms with Crippen LogP contribution < -0.4 is 4.74 Å². The molecule has 1 unspecified atom stereocenters. The first kappa shape index (κ1) is 10.7. The van der Waals surface area contributed by atoms with E-state index in [0.29, 0.717) is 0 Å². The number of ether oxygens (including phenoxy) is 1. The largest absolute Gasteiger partial charge is 0.497 e. The summed E-state index contributed by atoms with van der Waals surface area (Å²) in [6.45, 7) is 1.95. The van der Waals surface area contributed by atoms with E-state index >= 15 is 0 Å². The highest BCUT2D eigenvalue weighted by molar-refractivity contribution is 5.39. The van der Waals surface area contributed by atoms with Crippen LogP contribution in [0.3, 0.4) is 0 Å². The Morgan fingerprint density at radius 3 is 2.81 bits per heavy atom. The van der Waals surface area contributed by atoms with Gasteiger partial charge in [0.1, 0.15) is 11.9 Å². The van der Waals surface area contributed by atoms with Gasteiger partial charge in [-0.2, -0.15) is 5.10 Å². The summed E-state index contributed by atoms with van der Waals surface area (Å²) in [4.78, 5) is 0. The SMILES string of the molecule is COc1ccc(C(O)c2cn[nH]c2)c(C)c1. The van der Waals surface area contributed by atoms with Crippen LogP contribution in [0.1, 0.15) is 22.8 Å². The number of nitrogens with one attached hydrogen (secondary N) is 1. The van der Waals surface area contributed by atoms with Crippen LogP contribution in [0.5, 0.6) is 5.75 Å². The Kier molecular flexibility index (Phi) is 2.92. The summed E-state index contributed by atoms with van der Waals surface area (Å²) in [6, 6.07) is 5.61. The molecule has 0 radical (unpaired) electrons. The number of aliphatic hydroxyl groups is 1. The molecule has 2 N–H and O–H groups in total. The number of nitrogens with zero attached hydrogens (tertiary/aromatic N) is 1. The summed E-state index contributed by atoms with van der Waals surface area (Å²) in [5.41, 5.74) is 2.61. The number of benzene rings is 1. The highest BCUT2D eigenvalue weighted by atomic mass is 16.5. The Hall–Kier alpha value is -1.81. The number of aliphatic hydroxyl groups excluding tert-OH is 1. The number of methoxy groups -OCH3 is 1. The molecular formula is C12H14N2O2. The number of rotatable bonds is 3. The van der Waals surface area contributed by atoms with Gasteiger partial charge in [-0.1, -0.05) is 6.07 Å². The third-order valence-corrected chi connectivity index (χ3v) is 2.61. The average Bonchev–Trinajstić information content (AvgIpc) is 2.81. The second-order valence-corrected chi connectivity index (χ2v) is 3.66. The van der Waals surface area contributed by atoms with Crippen molar-refractivity contribution in [2.24, 2.45) is 0 Å². The lowest BCUT2D eigenvalue weighted by Crippen LogP contribution is -2.01. The number of aromatic nitrogens is 2. The van der Waals surface area contributed by atoms with Crippen LogP contribution in [0.15, 0.2) is 30.6 Å². The lowest BCUT2D eigenvalue weighted by molar-refractivity contribution is 0.219. The zero-order valence-corrected chi connectivity index (χ0v) is 9.27. The average molecular weight is 218 g/mol. The first-order chi connectivity index (χ1) is 7.72. The molecule has 0 aliphatic rings. The fourth-order valence-electron chi connectivity index (χ4n) is 1.67. The van der Waals surface area contributed by atoms with E-state index in [0.717, 1.165) is 22.4 Å². The Morgan fingerprint density at radius 2 is 2.25 bits per heavy atom. The summed E-state index contributed by atoms with van der Waals surface area (Å²) in [6.07, 6.45) is 2.66. The summed E-state index contributed by atoms with van der Waals surface area (Å²) >= 11 is 0. The van der Waals surface area contributed by atoms with Gasteiger partial charge in [-0.25, -0.2) is 0 Å². The highest BCUT2D eigenvalue weighted by Crippen LogP contribution is 2.26. The van der Waals surface area contributed by atoms with E-state index in [2.05, 4.69) is 10.2 Å². The van der Waals surface area contributed by atoms with Gasteiger partial charge in [-0.05, 0) is 30.2 Å². The van der Waals surface area contributed by atoms with Gasteiger partial charge in [-0.3, -0.25) is 5.10 Å². The molecule has 1 aromatic carbocycles. The summed E-state index contributed by atoms with van der Waals surface area (Å²) in [7, 11) is 1.63. The number of hydrogen-bond acceptors (Lipinski definition) is 3. The van der Waals surface area contributed by atoms with Crippen molar-refractivity contribution in [2.45, 2.75) is 13.0 Å². The number of H-pyrrole nitrogens is 1. The summed E-state index contributed by atoms with van der Waals surface area (Å²) in [5.74, 6) is 0.792. The van der Waals surface area contributed by atoms with Crippen LogP contribution in [0.4, 0.5) is 0 Å². The van der Waals surface area contributed by atoms with Crippen molar-refractivity contribution in [3.05, 3.63) is 47.3 Å². The van der Waals surface area contributed by atoms with E-state index in [-0.39, 0.29) is 0 Å². The molecule has 84 valence electrons. The van der Waals surface area contributed by atoms with Crippen molar-refractivity contribution in [3.8, 4) is 5.75 Å². The second kappa shape index (κ2) is 4.37. The fourth-order valence-corrected chi connectivity index (χ4v) is 1.67. The van der Waals surface area contributed by atoms with Gasteiger partial charge in [0.05, 0.1) is 13.3 Å². The van der Waals surface area contributed by atoms with E-state index in [1.165, 1.54) is 0 Å². The monoisotopic (exact) mass is 218 g/mol. The van der Waals surface area contributed by atoms with Crippen LogP contribution in [0.2, 0.25) is 0 Å². The molecule has 0 fully saturated rings. The quantitative estimate of drug-likeness (QED) is 0.826. The fraction of sp³-hybridized carbons (Fsp3) is 0.250. The predicted octanol–water partition coefficient (Wildman–Crippen LogP) is 1.81. The molecule has 2 rings (SSSR count). The normalized spacial score (nSPS) is 12.4. The van der Waals surface area contributed by atoms with E-state index < -0.39 is 6.10 Å². The number of aryl methyl sites for hydroxylation is 1. The summed E-state index contributed by atoms with van der Waals surface area (Å²) < 4.78 is 5.12. The Bertz CT molecular complexity index is 466. The van der Waals surface area contributed by atoms with Crippen molar-refractivity contribution in [1.82, 2.24) is 10.2 Å². The molecule has 1 aromatic heterocycles. The molecule has 1 heterocycles. The second-order valence-electron chi connectivity index (χ2n) is 3.66. The number of hydrogen-bond donors (Lipinski definition) is 2. The molecule has 0 amide bonds. The standard InChI is InChI=1S/C12H14N2O2/c1-8-5-10(16-2)3-4-11(8)12(15)9-6-13-14-7-9/h3-7,12,15H,1-2H3,(H,13,14). The third-order valence-electron chi connectivity index (χ3n) is 2.61. The highest BCUT2D eigenvalue weighted by Gasteiger charge is 2.13. The van der Waals surface area contributed by atoms with Crippen LogP contribution in [-0.2, 0) is 0 Å². The van der Waals surface area contributed by atoms with Crippen molar-refractivity contribution in [3.63, 3.8) is 0 Å². The number of aromatic amines is 1. The minimum absolute atomic E-state index is 0.648. The lowest BCUT2D eigenvalue weighted by atomic mass is 9.99. The maximum Gasteiger partial charge on any atom is 0.119 e. The minimum Gasteiger partial charge on any atom is -0.497 e. The zero-order valence-electron chi connectivity index (χ0n) is 9.27. The molecule has 0 saturated heterocycles. The van der Waals surface area contributed by atoms with Crippen LogP contribution in [-0.4, -0.2) is 22.4 Å². The maximum absolute atomic E-state index is 10.1. The minimum atomic E-state index is -0.648. The molecule has 0 spiro atoms. The Balaban J connectivity index is 2.34. The van der Waals surface area contributed by atoms with E-state index in [1.54, 1.807) is 19.5 Å². The molecule has 0 bridgehead atoms. The first-order valence-electron chi connectivity index (χ1n) is 5.03. The predicted molar refractivity (Wildman–Crippen MR) is 60.4 cm³/mol. The van der Waals surface area contributed by atoms with E-state index in [4.69, 9.17) is 4.74 Å². The van der Waals surface area contributed by atoms with Crippen LogP contribution in [0, 0.1) is 6.92 Å². The zero-order chi connectivity index (χ0) is 11.5. The Labute approximate surface area is 93.9 Å². The molecule has 16 heavy (non-hydrogen) atoms. The molecule has 2 aromatic rings. The lowest BCUT2D eigenvalue weighted by Gasteiger charge is -2.13. The first-order valence-corrected chi connectivity index (χ1v) is 5.03. The van der Waals surface area contributed by atoms with Crippen LogP contribution in [0.25, 0.3) is 0 Å². The van der Waals surface area contributed by atoms with Gasteiger partial charge < -0.3 is 9.84 Å². The van der Waals surface area contributed by atoms with Crippen molar-refractivity contribution < 1.29 is 9.84 Å². The smallest absolute Gasteiger partial charge is 0.119 e. The molecule has 4 nitrogen and oxygen atoms in total. The molecule has 4 heteroatoms. The van der Waals surface area contributed by atoms with Crippen molar-refractivity contribution in [2.75, 3.05) is 7.11 Å². The molecule has 1 atom stereocenters. The molecule has 0 aliphatic heterocycles.